The monoisotopic (exact) mass is 308 g/mol. The first-order valence-corrected chi connectivity index (χ1v) is 7.75. The number of ether oxygens (including phenoxy) is 2. The van der Waals surface area contributed by atoms with E-state index in [0.717, 1.165) is 26.0 Å². The third kappa shape index (κ3) is 2.38. The fraction of sp³-hybridized carbons (Fsp3) is 0.308. The van der Waals surface area contributed by atoms with Crippen molar-refractivity contribution >= 4 is 44.3 Å². The third-order valence-corrected chi connectivity index (χ3v) is 5.11. The molecular weight excluding hydrogens is 296 g/mol. The Morgan fingerprint density at radius 2 is 2.25 bits per heavy atom. The Hall–Kier alpha value is -1.60. The standard InChI is InChI=1S/C13H12N2O3S2/c1-17-7-3-4-8-10(5-7)20-12(14-8)11-15-9(6-19-11)13(16)18-2/h3-5,9H,6H2,1-2H3. The third-order valence-electron chi connectivity index (χ3n) is 2.90. The van der Waals surface area contributed by atoms with Crippen molar-refractivity contribution in [1.82, 2.24) is 4.98 Å². The van der Waals surface area contributed by atoms with Gasteiger partial charge >= 0.3 is 5.97 Å². The minimum atomic E-state index is -0.415. The van der Waals surface area contributed by atoms with Crippen molar-refractivity contribution in [3.8, 4) is 5.75 Å². The second-order valence-electron chi connectivity index (χ2n) is 4.14. The summed E-state index contributed by atoms with van der Waals surface area (Å²) in [4.78, 5) is 20.4. The maximum absolute atomic E-state index is 11.5. The van der Waals surface area contributed by atoms with Gasteiger partial charge in [-0.05, 0) is 18.2 Å². The second kappa shape index (κ2) is 5.41. The largest absolute Gasteiger partial charge is 0.497 e. The van der Waals surface area contributed by atoms with Gasteiger partial charge in [0.2, 0.25) is 0 Å². The predicted molar refractivity (Wildman–Crippen MR) is 81.0 cm³/mol. The molecular formula is C13H12N2O3S2. The van der Waals surface area contributed by atoms with Gasteiger partial charge in [0.15, 0.2) is 6.04 Å². The van der Waals surface area contributed by atoms with Crippen molar-refractivity contribution in [2.75, 3.05) is 20.0 Å². The number of carbonyl (C=O) groups excluding carboxylic acids is 1. The molecule has 0 saturated heterocycles. The Morgan fingerprint density at radius 3 is 3.00 bits per heavy atom. The van der Waals surface area contributed by atoms with Gasteiger partial charge in [-0.25, -0.2) is 9.78 Å². The van der Waals surface area contributed by atoms with Gasteiger partial charge in [0.1, 0.15) is 15.8 Å². The molecule has 1 unspecified atom stereocenters. The van der Waals surface area contributed by atoms with Gasteiger partial charge in [0.05, 0.1) is 24.4 Å². The van der Waals surface area contributed by atoms with Crippen LogP contribution in [0.5, 0.6) is 5.75 Å². The SMILES string of the molecule is COC(=O)C1CSC(c2nc3ccc(OC)cc3s2)=N1. The zero-order chi connectivity index (χ0) is 14.1. The molecule has 0 radical (unpaired) electrons. The number of rotatable bonds is 3. The molecule has 2 heterocycles. The summed E-state index contributed by atoms with van der Waals surface area (Å²) in [6.45, 7) is 0. The van der Waals surface area contributed by atoms with E-state index in [2.05, 4.69) is 9.98 Å². The molecule has 104 valence electrons. The summed E-state index contributed by atoms with van der Waals surface area (Å²) in [6.07, 6.45) is 0. The van der Waals surface area contributed by atoms with Crippen LogP contribution >= 0.6 is 23.1 Å². The van der Waals surface area contributed by atoms with Gasteiger partial charge in [0, 0.05) is 5.75 Å². The molecule has 7 heteroatoms. The molecule has 0 fully saturated rings. The number of nitrogens with zero attached hydrogens (tertiary/aromatic N) is 2. The van der Waals surface area contributed by atoms with Crippen LogP contribution in [0.2, 0.25) is 0 Å². The van der Waals surface area contributed by atoms with E-state index in [1.807, 2.05) is 18.2 Å². The molecule has 1 atom stereocenters. The average Bonchev–Trinajstić information content (AvgIpc) is 3.11. The zero-order valence-electron chi connectivity index (χ0n) is 11.0. The summed E-state index contributed by atoms with van der Waals surface area (Å²) in [7, 11) is 3.02. The number of thiazole rings is 1. The van der Waals surface area contributed by atoms with Gasteiger partial charge in [-0.15, -0.1) is 23.1 Å². The number of carbonyl (C=O) groups is 1. The first kappa shape index (κ1) is 13.4. The van der Waals surface area contributed by atoms with Crippen LogP contribution in [0.15, 0.2) is 23.2 Å². The van der Waals surface area contributed by atoms with Crippen LogP contribution in [0.1, 0.15) is 5.01 Å². The van der Waals surface area contributed by atoms with E-state index in [4.69, 9.17) is 9.47 Å². The van der Waals surface area contributed by atoms with Crippen LogP contribution in [0, 0.1) is 0 Å². The van der Waals surface area contributed by atoms with Crippen molar-refractivity contribution in [1.29, 1.82) is 0 Å². The van der Waals surface area contributed by atoms with E-state index >= 15 is 0 Å². The van der Waals surface area contributed by atoms with E-state index in [-0.39, 0.29) is 5.97 Å². The summed E-state index contributed by atoms with van der Waals surface area (Å²) in [5, 5.41) is 1.64. The highest BCUT2D eigenvalue weighted by atomic mass is 32.2. The lowest BCUT2D eigenvalue weighted by Crippen LogP contribution is -2.19. The highest BCUT2D eigenvalue weighted by Gasteiger charge is 2.27. The summed E-state index contributed by atoms with van der Waals surface area (Å²) in [6, 6.07) is 5.34. The Labute approximate surface area is 124 Å². The maximum Gasteiger partial charge on any atom is 0.331 e. The number of aliphatic imine (C=N–C) groups is 1. The van der Waals surface area contributed by atoms with Crippen molar-refractivity contribution in [3.63, 3.8) is 0 Å². The van der Waals surface area contributed by atoms with Gasteiger partial charge in [-0.3, -0.25) is 4.99 Å². The fourth-order valence-corrected chi connectivity index (χ4v) is 3.96. The summed E-state index contributed by atoms with van der Waals surface area (Å²) in [5.74, 6) is 1.12. The van der Waals surface area contributed by atoms with Crippen LogP contribution in [0.3, 0.4) is 0 Å². The second-order valence-corrected chi connectivity index (χ2v) is 6.18. The molecule has 2 aromatic rings. The Balaban J connectivity index is 1.93. The number of fused-ring (bicyclic) bond motifs is 1. The molecule has 1 aromatic heterocycles. The van der Waals surface area contributed by atoms with Gasteiger partial charge < -0.3 is 9.47 Å². The molecule has 3 rings (SSSR count). The molecule has 0 bridgehead atoms. The van der Waals surface area contributed by atoms with E-state index in [9.17, 15) is 4.79 Å². The first-order valence-electron chi connectivity index (χ1n) is 5.94. The highest BCUT2D eigenvalue weighted by Crippen LogP contribution is 2.31. The number of hydrogen-bond acceptors (Lipinski definition) is 7. The van der Waals surface area contributed by atoms with Crippen molar-refractivity contribution in [2.24, 2.45) is 4.99 Å². The quantitative estimate of drug-likeness (QED) is 0.815. The van der Waals surface area contributed by atoms with Gasteiger partial charge in [-0.1, -0.05) is 0 Å². The number of aromatic nitrogens is 1. The molecule has 0 aliphatic carbocycles. The lowest BCUT2D eigenvalue weighted by molar-refractivity contribution is -0.141. The predicted octanol–water partition coefficient (Wildman–Crippen LogP) is 2.34. The highest BCUT2D eigenvalue weighted by molar-refractivity contribution is 8.15. The molecule has 1 aliphatic rings. The summed E-state index contributed by atoms with van der Waals surface area (Å²) in [5.41, 5.74) is 0.913. The van der Waals surface area contributed by atoms with Crippen LogP contribution in [0.4, 0.5) is 0 Å². The Bertz CT molecular complexity index is 696. The number of thioether (sulfide) groups is 1. The molecule has 0 N–H and O–H groups in total. The van der Waals surface area contributed by atoms with E-state index in [1.165, 1.54) is 18.9 Å². The Morgan fingerprint density at radius 1 is 1.40 bits per heavy atom. The zero-order valence-corrected chi connectivity index (χ0v) is 12.6. The smallest absolute Gasteiger partial charge is 0.331 e. The maximum atomic E-state index is 11.5. The van der Waals surface area contributed by atoms with Crippen LogP contribution in [0.25, 0.3) is 10.2 Å². The number of esters is 1. The average molecular weight is 308 g/mol. The van der Waals surface area contributed by atoms with Gasteiger partial charge in [0.25, 0.3) is 0 Å². The minimum absolute atomic E-state index is 0.296. The lowest BCUT2D eigenvalue weighted by atomic mass is 10.3. The van der Waals surface area contributed by atoms with E-state index < -0.39 is 6.04 Å². The molecule has 20 heavy (non-hydrogen) atoms. The molecule has 5 nitrogen and oxygen atoms in total. The summed E-state index contributed by atoms with van der Waals surface area (Å²) >= 11 is 3.09. The topological polar surface area (TPSA) is 60.8 Å². The van der Waals surface area contributed by atoms with E-state index in [1.54, 1.807) is 18.4 Å². The minimum Gasteiger partial charge on any atom is -0.497 e. The van der Waals surface area contributed by atoms with E-state index in [0.29, 0.717) is 5.75 Å². The molecule has 0 saturated carbocycles. The molecule has 0 spiro atoms. The molecule has 1 aromatic carbocycles. The number of hydrogen-bond donors (Lipinski definition) is 0. The number of benzene rings is 1. The van der Waals surface area contributed by atoms with Crippen LogP contribution in [-0.4, -0.2) is 42.0 Å². The van der Waals surface area contributed by atoms with Crippen molar-refractivity contribution in [3.05, 3.63) is 23.2 Å². The van der Waals surface area contributed by atoms with Crippen molar-refractivity contribution in [2.45, 2.75) is 6.04 Å². The molecule has 1 aliphatic heterocycles. The fourth-order valence-electron chi connectivity index (χ4n) is 1.87. The first-order chi connectivity index (χ1) is 9.71. The summed E-state index contributed by atoms with van der Waals surface area (Å²) < 4.78 is 11.0. The van der Waals surface area contributed by atoms with Crippen LogP contribution in [-0.2, 0) is 9.53 Å². The molecule has 0 amide bonds. The van der Waals surface area contributed by atoms with Gasteiger partial charge in [-0.2, -0.15) is 0 Å². The van der Waals surface area contributed by atoms with Crippen molar-refractivity contribution < 1.29 is 14.3 Å². The van der Waals surface area contributed by atoms with Crippen LogP contribution < -0.4 is 4.74 Å². The lowest BCUT2D eigenvalue weighted by Gasteiger charge is -2.00. The number of methoxy groups -OCH3 is 2. The Kier molecular flexibility index (Phi) is 3.62. The normalized spacial score (nSPS) is 18.1.